The summed E-state index contributed by atoms with van der Waals surface area (Å²) in [7, 11) is 2.96. The van der Waals surface area contributed by atoms with Crippen molar-refractivity contribution in [2.45, 2.75) is 50.2 Å². The molecule has 4 rings (SSSR count). The molecule has 0 heterocycles. The van der Waals surface area contributed by atoms with Crippen LogP contribution < -0.4 is 10.1 Å². The van der Waals surface area contributed by atoms with Crippen LogP contribution in [0.2, 0.25) is 0 Å². The van der Waals surface area contributed by atoms with Gasteiger partial charge in [-0.2, -0.15) is 0 Å². The van der Waals surface area contributed by atoms with Crippen molar-refractivity contribution in [1.29, 1.82) is 0 Å². The lowest BCUT2D eigenvalue weighted by Gasteiger charge is -2.35. The summed E-state index contributed by atoms with van der Waals surface area (Å²) < 4.78 is 16.0. The molecule has 246 valence electrons. The Labute approximate surface area is 283 Å². The van der Waals surface area contributed by atoms with E-state index < -0.39 is 22.9 Å². The zero-order valence-corrected chi connectivity index (χ0v) is 28.5. The Hall–Kier alpha value is -4.33. The molecule has 0 radical (unpaired) electrons. The third-order valence-electron chi connectivity index (χ3n) is 7.94. The molecule has 0 aliphatic heterocycles. The number of methoxy groups -OCH3 is 2. The lowest BCUT2D eigenvalue weighted by Crippen LogP contribution is -2.45. The summed E-state index contributed by atoms with van der Waals surface area (Å²) in [6.07, 6.45) is 4.39. The number of allylic oxidation sites excluding steroid dienone is 1. The molecule has 0 aromatic heterocycles. The monoisotopic (exact) mass is 651 g/mol. The predicted octanol–water partition coefficient (Wildman–Crippen LogP) is 7.96. The van der Waals surface area contributed by atoms with Crippen LogP contribution in [0.15, 0.2) is 127 Å². The van der Waals surface area contributed by atoms with Crippen molar-refractivity contribution in [2.75, 3.05) is 20.0 Å². The molecule has 1 N–H and O–H groups in total. The summed E-state index contributed by atoms with van der Waals surface area (Å²) >= 11 is 1.89. The first kappa shape index (κ1) is 35.5. The van der Waals surface area contributed by atoms with Gasteiger partial charge < -0.3 is 19.5 Å². The van der Waals surface area contributed by atoms with E-state index in [1.807, 2.05) is 56.0 Å². The fourth-order valence-corrected chi connectivity index (χ4v) is 6.91. The van der Waals surface area contributed by atoms with E-state index in [2.05, 4.69) is 102 Å². The predicted molar refractivity (Wildman–Crippen MR) is 190 cm³/mol. The maximum absolute atomic E-state index is 13.1. The summed E-state index contributed by atoms with van der Waals surface area (Å²) in [6.45, 7) is 4.07. The molecule has 2 atom stereocenters. The van der Waals surface area contributed by atoms with Gasteiger partial charge in [0, 0.05) is 0 Å². The van der Waals surface area contributed by atoms with Gasteiger partial charge in [-0.3, -0.25) is 4.79 Å². The van der Waals surface area contributed by atoms with Crippen LogP contribution in [0.3, 0.4) is 0 Å². The van der Waals surface area contributed by atoms with Crippen molar-refractivity contribution >= 4 is 23.6 Å². The molecular weight excluding hydrogens is 607 g/mol. The number of carbonyl (C=O) groups is 2. The molecule has 0 saturated heterocycles. The van der Waals surface area contributed by atoms with Gasteiger partial charge in [-0.25, -0.2) is 4.79 Å². The van der Waals surface area contributed by atoms with Crippen molar-refractivity contribution in [3.05, 3.63) is 150 Å². The van der Waals surface area contributed by atoms with E-state index in [0.29, 0.717) is 6.61 Å². The number of hydrogen-bond acceptors (Lipinski definition) is 6. The van der Waals surface area contributed by atoms with E-state index in [9.17, 15) is 9.59 Å². The maximum atomic E-state index is 13.1. The van der Waals surface area contributed by atoms with Gasteiger partial charge in [0.15, 0.2) is 0 Å². The molecule has 7 heteroatoms. The van der Waals surface area contributed by atoms with Gasteiger partial charge in [0.25, 0.3) is 0 Å². The van der Waals surface area contributed by atoms with Gasteiger partial charge in [0.2, 0.25) is 5.91 Å². The van der Waals surface area contributed by atoms with Crippen molar-refractivity contribution in [3.63, 3.8) is 0 Å². The van der Waals surface area contributed by atoms with Crippen molar-refractivity contribution in [3.8, 4) is 5.75 Å². The normalized spacial score (nSPS) is 12.9. The standard InChI is InChI=1S/C40H45NO5S/c1-30(2)38(39(43)45-4)41-37(42)28-36(46-29-31-23-25-35(44-3)26-24-31)22-14-15-27-47-40(32-16-8-5-9-17-32,33-18-10-6-11-19-33)34-20-12-7-13-21-34/h5-14,16-26,30,36,38H,15,27-29H2,1-4H3,(H,41,42)/b22-14+/t36?,38-/m1/s1. The van der Waals surface area contributed by atoms with Crippen molar-refractivity contribution < 1.29 is 23.8 Å². The van der Waals surface area contributed by atoms with Gasteiger partial charge in [0.05, 0.1) is 38.1 Å². The Morgan fingerprint density at radius 3 is 1.79 bits per heavy atom. The quantitative estimate of drug-likeness (QED) is 0.0541. The molecule has 0 spiro atoms. The lowest BCUT2D eigenvalue weighted by molar-refractivity contribution is -0.146. The van der Waals surface area contributed by atoms with Gasteiger partial charge in [0.1, 0.15) is 11.8 Å². The largest absolute Gasteiger partial charge is 0.497 e. The minimum atomic E-state index is -0.725. The van der Waals surface area contributed by atoms with E-state index in [1.54, 1.807) is 7.11 Å². The number of rotatable bonds is 17. The second kappa shape index (κ2) is 18.1. The molecular formula is C40H45NO5S. The number of benzene rings is 4. The number of hydrogen-bond donors (Lipinski definition) is 1. The van der Waals surface area contributed by atoms with Crippen LogP contribution in [0.4, 0.5) is 0 Å². The first-order valence-electron chi connectivity index (χ1n) is 16.0. The highest BCUT2D eigenvalue weighted by molar-refractivity contribution is 8.00. The van der Waals surface area contributed by atoms with Crippen LogP contribution in [0, 0.1) is 5.92 Å². The van der Waals surface area contributed by atoms with E-state index in [0.717, 1.165) is 23.5 Å². The molecule has 0 aliphatic carbocycles. The lowest BCUT2D eigenvalue weighted by atomic mass is 9.84. The minimum Gasteiger partial charge on any atom is -0.497 e. The smallest absolute Gasteiger partial charge is 0.328 e. The fourth-order valence-electron chi connectivity index (χ4n) is 5.44. The van der Waals surface area contributed by atoms with Crippen LogP contribution in [-0.4, -0.2) is 44.0 Å². The summed E-state index contributed by atoms with van der Waals surface area (Å²) in [4.78, 5) is 25.4. The van der Waals surface area contributed by atoms with E-state index in [4.69, 9.17) is 14.2 Å². The molecule has 6 nitrogen and oxygen atoms in total. The van der Waals surface area contributed by atoms with Gasteiger partial charge in [-0.1, -0.05) is 129 Å². The third-order valence-corrected chi connectivity index (χ3v) is 9.52. The number of nitrogens with one attached hydrogen (secondary N) is 1. The highest BCUT2D eigenvalue weighted by atomic mass is 32.2. The average molecular weight is 652 g/mol. The Bertz CT molecular complexity index is 1450. The summed E-state index contributed by atoms with van der Waals surface area (Å²) in [5, 5.41) is 2.84. The Morgan fingerprint density at radius 2 is 1.32 bits per heavy atom. The molecule has 4 aromatic carbocycles. The van der Waals surface area contributed by atoms with Crippen LogP contribution in [0.25, 0.3) is 0 Å². The number of carbonyl (C=O) groups excluding carboxylic acids is 2. The third kappa shape index (κ3) is 9.83. The number of thioether (sulfide) groups is 1. The Balaban J connectivity index is 1.52. The molecule has 1 amide bonds. The number of ether oxygens (including phenoxy) is 3. The summed E-state index contributed by atoms with van der Waals surface area (Å²) in [5.74, 6) is 0.739. The second-order valence-corrected chi connectivity index (χ2v) is 12.9. The molecule has 0 saturated carbocycles. The van der Waals surface area contributed by atoms with Crippen LogP contribution in [0.5, 0.6) is 5.75 Å². The van der Waals surface area contributed by atoms with E-state index in [1.165, 1.54) is 23.8 Å². The number of amides is 1. The maximum Gasteiger partial charge on any atom is 0.328 e. The summed E-state index contributed by atoms with van der Waals surface area (Å²) in [6, 6.07) is 38.8. The van der Waals surface area contributed by atoms with Crippen molar-refractivity contribution in [2.24, 2.45) is 5.92 Å². The molecule has 0 aliphatic rings. The molecule has 47 heavy (non-hydrogen) atoms. The first-order chi connectivity index (χ1) is 22.9. The first-order valence-corrected chi connectivity index (χ1v) is 16.9. The van der Waals surface area contributed by atoms with E-state index >= 15 is 0 Å². The molecule has 4 aromatic rings. The molecule has 1 unspecified atom stereocenters. The van der Waals surface area contributed by atoms with Crippen LogP contribution >= 0.6 is 11.8 Å². The van der Waals surface area contributed by atoms with Crippen molar-refractivity contribution in [1.82, 2.24) is 5.32 Å². The SMILES string of the molecule is COC(=O)[C@H](NC(=O)CC(/C=C/CCSC(c1ccccc1)(c1ccccc1)c1ccccc1)OCc1ccc(OC)cc1)C(C)C. The number of esters is 1. The molecule has 0 bridgehead atoms. The topological polar surface area (TPSA) is 73.9 Å². The highest BCUT2D eigenvalue weighted by Crippen LogP contribution is 2.48. The average Bonchev–Trinajstić information content (AvgIpc) is 3.12. The second-order valence-electron chi connectivity index (χ2n) is 11.6. The Morgan fingerprint density at radius 1 is 0.787 bits per heavy atom. The zero-order valence-electron chi connectivity index (χ0n) is 27.6. The zero-order chi connectivity index (χ0) is 33.5. The van der Waals surface area contributed by atoms with Crippen LogP contribution in [0.1, 0.15) is 48.9 Å². The van der Waals surface area contributed by atoms with Gasteiger partial charge >= 0.3 is 5.97 Å². The minimum absolute atomic E-state index is 0.0714. The van der Waals surface area contributed by atoms with Gasteiger partial charge in [-0.05, 0) is 52.5 Å². The van der Waals surface area contributed by atoms with Gasteiger partial charge in [-0.15, -0.1) is 11.8 Å². The highest BCUT2D eigenvalue weighted by Gasteiger charge is 2.36. The summed E-state index contributed by atoms with van der Waals surface area (Å²) in [5.41, 5.74) is 4.62. The van der Waals surface area contributed by atoms with Crippen LogP contribution in [-0.2, 0) is 30.4 Å². The molecule has 0 fully saturated rings. The van der Waals surface area contributed by atoms with E-state index in [-0.39, 0.29) is 18.2 Å². The fraction of sp³-hybridized carbons (Fsp3) is 0.300. The Kier molecular flexibility index (Phi) is 13.7.